The average Bonchev–Trinajstić information content (AvgIpc) is 2.79. The molecule has 162 valence electrons. The maximum atomic E-state index is 2.49. The minimum atomic E-state index is 1.03. The predicted octanol–water partition coefficient (Wildman–Crippen LogP) is 8.96. The van der Waals surface area contributed by atoms with E-state index >= 15 is 0 Å². The number of benzene rings is 6. The summed E-state index contributed by atoms with van der Waals surface area (Å²) in [5, 5.41) is 8.69. The average molecular weight is 435 g/mol. The van der Waals surface area contributed by atoms with Gasteiger partial charge in [-0.05, 0) is 141 Å². The monoisotopic (exact) mass is 434 g/mol. The van der Waals surface area contributed by atoms with E-state index in [1.54, 1.807) is 0 Å². The van der Waals surface area contributed by atoms with Crippen molar-refractivity contribution in [1.82, 2.24) is 0 Å². The molecule has 0 saturated heterocycles. The fourth-order valence-corrected chi connectivity index (χ4v) is 7.43. The van der Waals surface area contributed by atoms with Gasteiger partial charge in [0, 0.05) is 0 Å². The van der Waals surface area contributed by atoms with E-state index < -0.39 is 0 Å². The van der Waals surface area contributed by atoms with Gasteiger partial charge < -0.3 is 0 Å². The molecule has 0 unspecified atom stereocenters. The summed E-state index contributed by atoms with van der Waals surface area (Å²) in [5.41, 5.74) is 17.2. The second-order valence-corrected chi connectivity index (χ2v) is 10.8. The van der Waals surface area contributed by atoms with E-state index in [1.165, 1.54) is 99.1 Å². The van der Waals surface area contributed by atoms with Crippen LogP contribution in [-0.4, -0.2) is 0 Å². The molecule has 34 heavy (non-hydrogen) atoms. The summed E-state index contributed by atoms with van der Waals surface area (Å²) < 4.78 is 0. The Balaban J connectivity index is 1.59. The van der Waals surface area contributed by atoms with Crippen LogP contribution in [0.3, 0.4) is 0 Å². The third kappa shape index (κ3) is 2.19. The Morgan fingerprint density at radius 2 is 0.882 bits per heavy atom. The second-order valence-electron chi connectivity index (χ2n) is 10.8. The Kier molecular flexibility index (Phi) is 3.35. The molecule has 8 rings (SSSR count). The lowest BCUT2D eigenvalue weighted by molar-refractivity contribution is 1.17. The highest BCUT2D eigenvalue weighted by Crippen LogP contribution is 2.51. The molecule has 0 atom stereocenters. The van der Waals surface area contributed by atoms with Gasteiger partial charge in [0.1, 0.15) is 0 Å². The summed E-state index contributed by atoms with van der Waals surface area (Å²) in [6.45, 7) is 9.02. The molecule has 0 heterocycles. The molecule has 0 aromatic heterocycles. The van der Waals surface area contributed by atoms with Gasteiger partial charge in [-0.25, -0.2) is 0 Å². The van der Waals surface area contributed by atoms with E-state index in [4.69, 9.17) is 0 Å². The fourth-order valence-electron chi connectivity index (χ4n) is 7.43. The van der Waals surface area contributed by atoms with Crippen molar-refractivity contribution in [2.24, 2.45) is 0 Å². The fraction of sp³-hybridized carbons (Fsp3) is 0.176. The van der Waals surface area contributed by atoms with E-state index in [0.29, 0.717) is 0 Å². The SMILES string of the molecule is Cc1cc(C)c2c(c1)Cc1ccc3cc4c5c(ccc6cc-2c1c3c65)Cc1cc(C)cc(C)c1-4. The van der Waals surface area contributed by atoms with Crippen LogP contribution in [0.4, 0.5) is 0 Å². The molecule has 0 fully saturated rings. The van der Waals surface area contributed by atoms with Crippen LogP contribution in [0.1, 0.15) is 44.5 Å². The molecule has 6 aromatic carbocycles. The number of hydrogen-bond donors (Lipinski definition) is 0. The van der Waals surface area contributed by atoms with Crippen molar-refractivity contribution < 1.29 is 0 Å². The van der Waals surface area contributed by atoms with Crippen molar-refractivity contribution in [2.45, 2.75) is 40.5 Å². The second kappa shape index (κ2) is 6.07. The molecule has 0 nitrogen and oxygen atoms in total. The first-order valence-corrected chi connectivity index (χ1v) is 12.4. The zero-order valence-corrected chi connectivity index (χ0v) is 20.2. The van der Waals surface area contributed by atoms with E-state index in [-0.39, 0.29) is 0 Å². The molecule has 0 aliphatic heterocycles. The van der Waals surface area contributed by atoms with Crippen LogP contribution >= 0.6 is 0 Å². The summed E-state index contributed by atoms with van der Waals surface area (Å²) in [4.78, 5) is 0. The minimum Gasteiger partial charge on any atom is -0.0574 e. The Morgan fingerprint density at radius 1 is 0.441 bits per heavy atom. The van der Waals surface area contributed by atoms with Gasteiger partial charge in [-0.2, -0.15) is 0 Å². The lowest BCUT2D eigenvalue weighted by Gasteiger charge is -2.29. The smallest absolute Gasteiger partial charge is 0.00130 e. The van der Waals surface area contributed by atoms with E-state index in [1.807, 2.05) is 0 Å². The minimum absolute atomic E-state index is 1.03. The normalized spacial score (nSPS) is 13.6. The summed E-state index contributed by atoms with van der Waals surface area (Å²) >= 11 is 0. The van der Waals surface area contributed by atoms with Crippen molar-refractivity contribution in [1.29, 1.82) is 0 Å². The van der Waals surface area contributed by atoms with Crippen molar-refractivity contribution >= 4 is 32.3 Å². The van der Waals surface area contributed by atoms with Gasteiger partial charge in [0.25, 0.3) is 0 Å². The third-order valence-electron chi connectivity index (χ3n) is 8.46. The Bertz CT molecular complexity index is 1740. The van der Waals surface area contributed by atoms with E-state index in [2.05, 4.69) is 88.4 Å². The van der Waals surface area contributed by atoms with Crippen LogP contribution in [0, 0.1) is 27.7 Å². The lowest BCUT2D eigenvalue weighted by Crippen LogP contribution is -2.07. The van der Waals surface area contributed by atoms with Crippen molar-refractivity contribution in [3.63, 3.8) is 0 Å². The van der Waals surface area contributed by atoms with Gasteiger partial charge in [-0.1, -0.05) is 59.7 Å². The van der Waals surface area contributed by atoms with E-state index in [9.17, 15) is 0 Å². The predicted molar refractivity (Wildman–Crippen MR) is 146 cm³/mol. The summed E-state index contributed by atoms with van der Waals surface area (Å²) in [6.07, 6.45) is 2.06. The molecule has 0 amide bonds. The number of hydrogen-bond acceptors (Lipinski definition) is 0. The summed E-state index contributed by atoms with van der Waals surface area (Å²) in [5.74, 6) is 0. The molecule has 0 bridgehead atoms. The first-order valence-electron chi connectivity index (χ1n) is 12.4. The van der Waals surface area contributed by atoms with Gasteiger partial charge in [0.15, 0.2) is 0 Å². The van der Waals surface area contributed by atoms with Gasteiger partial charge in [0.2, 0.25) is 0 Å². The first-order chi connectivity index (χ1) is 16.5. The first kappa shape index (κ1) is 18.7. The highest BCUT2D eigenvalue weighted by molar-refractivity contribution is 6.31. The van der Waals surface area contributed by atoms with Gasteiger partial charge in [-0.3, -0.25) is 0 Å². The molecule has 0 N–H and O–H groups in total. The Hall–Kier alpha value is -3.64. The van der Waals surface area contributed by atoms with Gasteiger partial charge >= 0.3 is 0 Å². The molecule has 0 radical (unpaired) electrons. The molecule has 6 aromatic rings. The van der Waals surface area contributed by atoms with Crippen LogP contribution in [0.25, 0.3) is 54.6 Å². The van der Waals surface area contributed by atoms with Crippen molar-refractivity contribution in [3.8, 4) is 22.3 Å². The maximum Gasteiger partial charge on any atom is -0.00130 e. The molecule has 0 heteroatoms. The largest absolute Gasteiger partial charge is 0.0574 e. The zero-order valence-electron chi connectivity index (χ0n) is 20.2. The standard InChI is InChI=1S/C34H26/c1-17-9-19(3)29-25(11-17)13-21-5-7-24-16-28-30-20(4)10-18(2)12-26(30)14-22-6-8-23-15-27(29)31(21)33(24)34(23)32(22)28/h5-12,15-16H,13-14H2,1-4H3. The van der Waals surface area contributed by atoms with Gasteiger partial charge in [0.05, 0.1) is 0 Å². The molecule has 0 spiro atoms. The van der Waals surface area contributed by atoms with Crippen LogP contribution < -0.4 is 0 Å². The number of rotatable bonds is 0. The van der Waals surface area contributed by atoms with Crippen LogP contribution in [0.15, 0.2) is 60.7 Å². The Morgan fingerprint density at radius 3 is 1.32 bits per heavy atom. The number of fused-ring (bicyclic) bond motifs is 4. The Labute approximate surface area is 200 Å². The van der Waals surface area contributed by atoms with Crippen LogP contribution in [0.5, 0.6) is 0 Å². The highest BCUT2D eigenvalue weighted by Gasteiger charge is 2.27. The number of aryl methyl sites for hydroxylation is 4. The topological polar surface area (TPSA) is 0 Å². The lowest BCUT2D eigenvalue weighted by atomic mass is 9.74. The maximum absolute atomic E-state index is 2.49. The van der Waals surface area contributed by atoms with E-state index in [0.717, 1.165) is 12.8 Å². The third-order valence-corrected chi connectivity index (χ3v) is 8.46. The molecule has 0 saturated carbocycles. The zero-order chi connectivity index (χ0) is 22.9. The van der Waals surface area contributed by atoms with Crippen molar-refractivity contribution in [3.05, 3.63) is 105 Å². The van der Waals surface area contributed by atoms with Crippen LogP contribution in [-0.2, 0) is 12.8 Å². The molecular formula is C34H26. The molecular weight excluding hydrogens is 408 g/mol. The van der Waals surface area contributed by atoms with Crippen molar-refractivity contribution in [2.75, 3.05) is 0 Å². The highest BCUT2D eigenvalue weighted by atomic mass is 14.3. The molecule has 2 aliphatic carbocycles. The molecule has 2 aliphatic rings. The summed E-state index contributed by atoms with van der Waals surface area (Å²) in [6, 6.07) is 24.0. The summed E-state index contributed by atoms with van der Waals surface area (Å²) in [7, 11) is 0. The van der Waals surface area contributed by atoms with Crippen LogP contribution in [0.2, 0.25) is 0 Å². The van der Waals surface area contributed by atoms with Gasteiger partial charge in [-0.15, -0.1) is 0 Å². The quantitative estimate of drug-likeness (QED) is 0.209.